The Morgan fingerprint density at radius 1 is 1.18 bits per heavy atom. The zero-order valence-corrected chi connectivity index (χ0v) is 17.6. The van der Waals surface area contributed by atoms with Gasteiger partial charge in [0.1, 0.15) is 11.6 Å². The van der Waals surface area contributed by atoms with Crippen LogP contribution < -0.4 is 10.6 Å². The van der Waals surface area contributed by atoms with Crippen molar-refractivity contribution in [2.45, 2.75) is 77.7 Å². The fourth-order valence-electron chi connectivity index (χ4n) is 6.06. The first kappa shape index (κ1) is 21.2. The molecule has 4 aliphatic carbocycles. The van der Waals surface area contributed by atoms with Gasteiger partial charge >= 0.3 is 0 Å². The van der Waals surface area contributed by atoms with Crippen molar-refractivity contribution in [3.63, 3.8) is 0 Å². The molecule has 5 heteroatoms. The number of hydrogen-bond acceptors (Lipinski definition) is 4. The fourth-order valence-corrected chi connectivity index (χ4v) is 6.06. The summed E-state index contributed by atoms with van der Waals surface area (Å²) >= 11 is 0. The third-order valence-corrected chi connectivity index (χ3v) is 7.24. The van der Waals surface area contributed by atoms with Crippen molar-refractivity contribution in [1.82, 2.24) is 10.6 Å². The van der Waals surface area contributed by atoms with E-state index in [9.17, 15) is 10.1 Å². The molecule has 0 spiro atoms. The second kappa shape index (κ2) is 9.78. The van der Waals surface area contributed by atoms with Gasteiger partial charge in [0.15, 0.2) is 0 Å². The molecule has 4 saturated carbocycles. The molecule has 1 amide bonds. The molecule has 4 rings (SSSR count). The molecule has 156 valence electrons. The van der Waals surface area contributed by atoms with E-state index in [2.05, 4.69) is 30.6 Å². The molecule has 4 aliphatic rings. The van der Waals surface area contributed by atoms with Crippen LogP contribution in [-0.2, 0) is 9.53 Å². The number of hydrogen-bond donors (Lipinski definition) is 2. The van der Waals surface area contributed by atoms with Gasteiger partial charge in [-0.05, 0) is 81.5 Å². The Kier molecular flexibility index (Phi) is 7.40. The topological polar surface area (TPSA) is 74.1 Å². The number of nitrogens with zero attached hydrogens (tertiary/aromatic N) is 1. The highest BCUT2D eigenvalue weighted by Gasteiger charge is 2.52. The first-order valence-electron chi connectivity index (χ1n) is 11.3. The lowest BCUT2D eigenvalue weighted by Crippen LogP contribution is -2.54. The van der Waals surface area contributed by atoms with Crippen LogP contribution >= 0.6 is 0 Å². The van der Waals surface area contributed by atoms with Gasteiger partial charge in [-0.2, -0.15) is 5.26 Å². The quantitative estimate of drug-likeness (QED) is 0.320. The van der Waals surface area contributed by atoms with Gasteiger partial charge in [-0.15, -0.1) is 0 Å². The van der Waals surface area contributed by atoms with E-state index in [4.69, 9.17) is 4.74 Å². The Hall–Kier alpha value is -1.54. The Bertz CT molecular complexity index is 572. The molecule has 5 nitrogen and oxygen atoms in total. The fraction of sp³-hybridized carbons (Fsp3) is 0.826. The molecule has 1 unspecified atom stereocenters. The predicted octanol–water partition coefficient (Wildman–Crippen LogP) is 3.91. The van der Waals surface area contributed by atoms with Crippen molar-refractivity contribution in [3.8, 4) is 6.07 Å². The number of unbranched alkanes of at least 4 members (excludes halogenated alkanes) is 1. The van der Waals surface area contributed by atoms with Gasteiger partial charge in [-0.3, -0.25) is 4.79 Å². The second-order valence-corrected chi connectivity index (χ2v) is 9.41. The minimum atomic E-state index is -0.290. The molecule has 0 heterocycles. The number of amides is 1. The molecule has 0 saturated heterocycles. The van der Waals surface area contributed by atoms with E-state index in [0.717, 1.165) is 43.6 Å². The Balaban J connectivity index is 1.44. The number of nitrogens with one attached hydrogen (secondary N) is 2. The lowest BCUT2D eigenvalue weighted by molar-refractivity contribution is -0.117. The number of ether oxygens (including phenoxy) is 1. The highest BCUT2D eigenvalue weighted by atomic mass is 16.5. The molecule has 0 aromatic heterocycles. The molecular weight excluding hydrogens is 350 g/mol. The highest BCUT2D eigenvalue weighted by molar-refractivity contribution is 5.97. The van der Waals surface area contributed by atoms with Crippen molar-refractivity contribution < 1.29 is 9.53 Å². The summed E-state index contributed by atoms with van der Waals surface area (Å²) in [6.07, 6.45) is 12.8. The molecule has 4 fully saturated rings. The molecule has 0 aromatic rings. The summed E-state index contributed by atoms with van der Waals surface area (Å²) in [5.74, 6) is 2.41. The van der Waals surface area contributed by atoms with E-state index in [1.54, 1.807) is 6.20 Å². The molecule has 2 N–H and O–H groups in total. The van der Waals surface area contributed by atoms with Crippen molar-refractivity contribution >= 4 is 5.91 Å². The van der Waals surface area contributed by atoms with Gasteiger partial charge in [-0.1, -0.05) is 13.3 Å². The Labute approximate surface area is 170 Å². The maximum absolute atomic E-state index is 12.3. The number of nitriles is 1. The van der Waals surface area contributed by atoms with Crippen LogP contribution in [0.3, 0.4) is 0 Å². The molecule has 1 atom stereocenters. The number of rotatable bonds is 11. The van der Waals surface area contributed by atoms with Crippen LogP contribution in [0.2, 0.25) is 0 Å². The van der Waals surface area contributed by atoms with Crippen LogP contribution in [-0.4, -0.2) is 31.7 Å². The minimum Gasteiger partial charge on any atom is -0.387 e. The summed E-state index contributed by atoms with van der Waals surface area (Å²) < 4.78 is 5.50. The van der Waals surface area contributed by atoms with E-state index in [-0.39, 0.29) is 11.5 Å². The van der Waals surface area contributed by atoms with Crippen LogP contribution in [0.5, 0.6) is 0 Å². The number of carbonyl (C=O) groups excluding carboxylic acids is 1. The van der Waals surface area contributed by atoms with Crippen LogP contribution in [0.15, 0.2) is 11.8 Å². The summed E-state index contributed by atoms with van der Waals surface area (Å²) in [5.41, 5.74) is 0.529. The number of carbonyl (C=O) groups is 1. The lowest BCUT2D eigenvalue weighted by atomic mass is 9.48. The molecule has 28 heavy (non-hydrogen) atoms. The van der Waals surface area contributed by atoms with Gasteiger partial charge in [0, 0.05) is 32.0 Å². The van der Waals surface area contributed by atoms with Crippen LogP contribution in [0.25, 0.3) is 0 Å². The van der Waals surface area contributed by atoms with Gasteiger partial charge < -0.3 is 15.4 Å². The summed E-state index contributed by atoms with van der Waals surface area (Å²) in [6.45, 7) is 6.34. The zero-order valence-electron chi connectivity index (χ0n) is 17.6. The largest absolute Gasteiger partial charge is 0.387 e. The van der Waals surface area contributed by atoms with Crippen molar-refractivity contribution in [1.29, 1.82) is 5.26 Å². The normalized spacial score (nSPS) is 32.0. The smallest absolute Gasteiger partial charge is 0.263 e. The second-order valence-electron chi connectivity index (χ2n) is 9.41. The monoisotopic (exact) mass is 387 g/mol. The Morgan fingerprint density at radius 2 is 1.79 bits per heavy atom. The van der Waals surface area contributed by atoms with E-state index in [1.807, 2.05) is 0 Å². The molecule has 0 aliphatic heterocycles. The maximum Gasteiger partial charge on any atom is 0.263 e. The van der Waals surface area contributed by atoms with Crippen molar-refractivity contribution in [2.24, 2.45) is 23.2 Å². The van der Waals surface area contributed by atoms with Crippen LogP contribution in [0.1, 0.15) is 71.6 Å². The van der Waals surface area contributed by atoms with E-state index < -0.39 is 0 Å². The Morgan fingerprint density at radius 3 is 2.36 bits per heavy atom. The average Bonchev–Trinajstić information content (AvgIpc) is 2.66. The summed E-state index contributed by atoms with van der Waals surface area (Å²) in [6, 6.07) is 2.36. The van der Waals surface area contributed by atoms with Crippen LogP contribution in [0.4, 0.5) is 0 Å². The third-order valence-electron chi connectivity index (χ3n) is 7.24. The standard InChI is InChI=1S/C23H37N3O2/c1-3-4-7-28-8-5-6-25-22(27)21(15-24)16-26-17(2)23-12-18-9-19(13-23)11-20(10-18)14-23/h16-20,26H,3-14H2,1-2H3,(H,25,27)/b21-16-. The zero-order chi connectivity index (χ0) is 20.0. The molecule has 0 aromatic carbocycles. The van der Waals surface area contributed by atoms with E-state index >= 15 is 0 Å². The van der Waals surface area contributed by atoms with E-state index in [0.29, 0.717) is 24.6 Å². The average molecular weight is 388 g/mol. The summed E-state index contributed by atoms with van der Waals surface area (Å²) in [7, 11) is 0. The SMILES string of the molecule is CCCCOCCCNC(=O)/C(C#N)=C\NC(C)C12CC3CC(CC(C3)C1)C2. The van der Waals surface area contributed by atoms with Crippen molar-refractivity contribution in [3.05, 3.63) is 11.8 Å². The maximum atomic E-state index is 12.3. The van der Waals surface area contributed by atoms with Crippen LogP contribution in [0, 0.1) is 34.5 Å². The first-order valence-corrected chi connectivity index (χ1v) is 11.3. The minimum absolute atomic E-state index is 0.170. The molecular formula is C23H37N3O2. The molecule has 4 bridgehead atoms. The van der Waals surface area contributed by atoms with Gasteiger partial charge in [0.05, 0.1) is 0 Å². The van der Waals surface area contributed by atoms with Crippen molar-refractivity contribution in [2.75, 3.05) is 19.8 Å². The lowest BCUT2D eigenvalue weighted by Gasteiger charge is -2.59. The van der Waals surface area contributed by atoms with Gasteiger partial charge in [0.2, 0.25) is 0 Å². The third kappa shape index (κ3) is 5.08. The summed E-state index contributed by atoms with van der Waals surface area (Å²) in [5, 5.41) is 15.7. The van der Waals surface area contributed by atoms with E-state index in [1.165, 1.54) is 38.5 Å². The molecule has 0 radical (unpaired) electrons. The highest BCUT2D eigenvalue weighted by Crippen LogP contribution is 2.61. The first-order chi connectivity index (χ1) is 13.6. The predicted molar refractivity (Wildman–Crippen MR) is 110 cm³/mol. The summed E-state index contributed by atoms with van der Waals surface area (Å²) in [4.78, 5) is 12.3. The van der Waals surface area contributed by atoms with Gasteiger partial charge in [-0.25, -0.2) is 0 Å². The van der Waals surface area contributed by atoms with Gasteiger partial charge in [0.25, 0.3) is 5.91 Å².